The zero-order valence-electron chi connectivity index (χ0n) is 63.6. The molecule has 15 heteroatoms. The predicted octanol–water partition coefficient (Wildman–Crippen LogP) is 23.3. The first-order chi connectivity index (χ1) is 47.4. The maximum absolute atomic E-state index is 10.0. The molecule has 12 aromatic rings. The Balaban J connectivity index is 0.000000286. The third-order valence-electron chi connectivity index (χ3n) is 15.8. The van der Waals surface area contributed by atoms with Crippen LogP contribution in [0.15, 0.2) is 183 Å². The monoisotopic (exact) mass is 1930 g/mol. The predicted molar refractivity (Wildman–Crippen MR) is 413 cm³/mol. The first-order valence-electron chi connectivity index (χ1n) is 33.5. The number of aryl methyl sites for hydroxylation is 13. The molecule has 3 radical (unpaired) electrons. The van der Waals surface area contributed by atoms with Crippen molar-refractivity contribution < 1.29 is 103 Å². The molecule has 0 fully saturated rings. The number of carbonyl (C=O) groups is 3. The molecular formula is C89H94Ir3N3O9-3. The number of ketones is 3. The van der Waals surface area contributed by atoms with Gasteiger partial charge in [0.05, 0.1) is 35.9 Å². The number of pyridine rings is 3. The summed E-state index contributed by atoms with van der Waals surface area (Å²) in [5.41, 5.74) is 28.9. The first kappa shape index (κ1) is 87.4. The molecule has 0 bridgehead atoms. The van der Waals surface area contributed by atoms with Crippen molar-refractivity contribution in [3.63, 3.8) is 0 Å². The van der Waals surface area contributed by atoms with Gasteiger partial charge >= 0.3 is 0 Å². The molecule has 0 aliphatic heterocycles. The Morgan fingerprint density at radius 3 is 0.894 bits per heavy atom. The van der Waals surface area contributed by atoms with E-state index in [4.69, 9.17) is 28.6 Å². The number of hydrogen-bond donors (Lipinski definition) is 3. The van der Waals surface area contributed by atoms with E-state index in [0.29, 0.717) is 0 Å². The standard InChI is InChI=1S/C27H28NO.C24H22NO.C23H20NO.3C5H8O2.3Ir/c1-16-8-17(2)10-20(9-16)23-13-21-14-24(29-25(21)15-28-23)26-18(3)11-22(12-19(26)4)27(5,6)7;1-14-6-15(2)10-19(9-14)21-11-20-12-22(26-23(20)13-25-21)24-17(4)7-16(3)8-18(24)5;1-14-5-15(2)8-18(7-14)21-11-20-12-22(25-23(20)13-24-21)19-9-16(3)6-17(4)10-19;3*1-4(6)3-5(2)7;;;/h8-9,11-15H,1-7H3;6-9,11-13H,1-5H3;5-7,9-13H,1-4H3;3*3,6H,1-2H3;;;/q3*-1;;;;;;. The number of benzene rings is 6. The van der Waals surface area contributed by atoms with Gasteiger partial charge in [0, 0.05) is 111 Å². The molecule has 6 aromatic heterocycles. The fraction of sp³-hybridized carbons (Fsp3) is 0.258. The Bertz CT molecular complexity index is 4900. The molecule has 0 spiro atoms. The number of aromatic nitrogens is 3. The van der Waals surface area contributed by atoms with Gasteiger partial charge in [0.25, 0.3) is 0 Å². The van der Waals surface area contributed by atoms with Crippen LogP contribution in [0, 0.1) is 108 Å². The van der Waals surface area contributed by atoms with Gasteiger partial charge in [0.1, 0.15) is 17.3 Å². The number of aliphatic hydroxyl groups excluding tert-OH is 3. The second-order valence-corrected chi connectivity index (χ2v) is 27.5. The minimum absolute atomic E-state index is 0. The van der Waals surface area contributed by atoms with Gasteiger partial charge in [-0.25, -0.2) is 0 Å². The van der Waals surface area contributed by atoms with E-state index >= 15 is 0 Å². The van der Waals surface area contributed by atoms with Crippen LogP contribution in [-0.4, -0.2) is 47.6 Å². The van der Waals surface area contributed by atoms with Crippen molar-refractivity contribution in [1.29, 1.82) is 0 Å². The van der Waals surface area contributed by atoms with Gasteiger partial charge in [-0.15, -0.1) is 105 Å². The van der Waals surface area contributed by atoms with Crippen molar-refractivity contribution in [3.8, 4) is 67.7 Å². The topological polar surface area (TPSA) is 190 Å². The zero-order chi connectivity index (χ0) is 74.5. The second-order valence-electron chi connectivity index (χ2n) is 27.5. The molecule has 549 valence electrons. The van der Waals surface area contributed by atoms with Crippen molar-refractivity contribution in [2.24, 2.45) is 0 Å². The minimum Gasteiger partial charge on any atom is -0.512 e. The molecule has 0 aliphatic carbocycles. The molecule has 0 atom stereocenters. The molecule has 6 aromatic carbocycles. The molecule has 0 saturated heterocycles. The number of rotatable bonds is 9. The smallest absolute Gasteiger partial charge is 0.155 e. The number of carbonyl (C=O) groups excluding carboxylic acids is 3. The molecule has 104 heavy (non-hydrogen) atoms. The average molecular weight is 1930 g/mol. The number of fused-ring (bicyclic) bond motifs is 3. The average Bonchev–Trinajstić information content (AvgIpc) is 1.64. The summed E-state index contributed by atoms with van der Waals surface area (Å²) in [6.45, 7) is 42.7. The van der Waals surface area contributed by atoms with Crippen LogP contribution in [0.2, 0.25) is 0 Å². The number of hydrogen-bond acceptors (Lipinski definition) is 12. The van der Waals surface area contributed by atoms with E-state index in [2.05, 4.69) is 259 Å². The number of nitrogens with zero attached hydrogens (tertiary/aromatic N) is 3. The van der Waals surface area contributed by atoms with Gasteiger partial charge in [0.15, 0.2) is 34.1 Å². The molecule has 0 unspecified atom stereocenters. The number of allylic oxidation sites excluding steroid dienone is 6. The maximum atomic E-state index is 10.0. The Morgan fingerprint density at radius 1 is 0.356 bits per heavy atom. The zero-order valence-corrected chi connectivity index (χ0v) is 70.8. The van der Waals surface area contributed by atoms with Crippen molar-refractivity contribution in [3.05, 3.63) is 265 Å². The van der Waals surface area contributed by atoms with E-state index in [-0.39, 0.29) is 100 Å². The van der Waals surface area contributed by atoms with Crippen molar-refractivity contribution in [2.45, 2.75) is 158 Å². The summed E-state index contributed by atoms with van der Waals surface area (Å²) in [4.78, 5) is 43.9. The maximum Gasteiger partial charge on any atom is 0.155 e. The van der Waals surface area contributed by atoms with Gasteiger partial charge in [-0.2, -0.15) is 0 Å². The third-order valence-corrected chi connectivity index (χ3v) is 15.8. The van der Waals surface area contributed by atoms with Crippen LogP contribution in [0.3, 0.4) is 0 Å². The largest absolute Gasteiger partial charge is 0.512 e. The van der Waals surface area contributed by atoms with Crippen molar-refractivity contribution in [2.75, 3.05) is 0 Å². The number of furan rings is 3. The molecule has 0 amide bonds. The van der Waals surface area contributed by atoms with E-state index in [9.17, 15) is 14.4 Å². The van der Waals surface area contributed by atoms with Crippen LogP contribution in [0.1, 0.15) is 140 Å². The Morgan fingerprint density at radius 2 is 0.625 bits per heavy atom. The quantitative estimate of drug-likeness (QED) is 0.0705. The summed E-state index contributed by atoms with van der Waals surface area (Å²) < 4.78 is 18.4. The fourth-order valence-electron chi connectivity index (χ4n) is 12.1. The van der Waals surface area contributed by atoms with E-state index < -0.39 is 0 Å². The van der Waals surface area contributed by atoms with Crippen LogP contribution in [0.25, 0.3) is 101 Å². The van der Waals surface area contributed by atoms with Gasteiger partial charge in [-0.3, -0.25) is 14.4 Å². The van der Waals surface area contributed by atoms with Crippen LogP contribution < -0.4 is 0 Å². The molecule has 3 N–H and O–H groups in total. The van der Waals surface area contributed by atoms with Gasteiger partial charge < -0.3 is 43.5 Å². The first-order valence-corrected chi connectivity index (χ1v) is 33.5. The SMILES string of the molecule is CC(=O)C=C(C)O.CC(=O)C=C(C)O.CC(=O)C=C(C)O.Cc1[c-]c(-c2cc3cc(-c4c(C)cc(C(C)(C)C)cc4C)oc3cn2)cc(C)c1.Cc1[c-]c(-c2cc3cc(-c4c(C)cc(C)cc4C)oc3cn2)cc(C)c1.Cc1[c-]c(-c2cc3cc(-c4cc(C)cc(C)c4)oc3cn2)cc(C)c1.[Ir].[Ir].[Ir]. The van der Waals surface area contributed by atoms with Gasteiger partial charge in [0.2, 0.25) is 0 Å². The van der Waals surface area contributed by atoms with E-state index in [1.807, 2.05) is 18.6 Å². The molecule has 6 heterocycles. The summed E-state index contributed by atoms with van der Waals surface area (Å²) in [6.07, 6.45) is 8.95. The number of aliphatic hydroxyl groups is 3. The van der Waals surface area contributed by atoms with E-state index in [1.165, 1.54) is 132 Å². The molecule has 0 aliphatic rings. The fourth-order valence-corrected chi connectivity index (χ4v) is 12.1. The molecular weight excluding hydrogens is 1830 g/mol. The van der Waals surface area contributed by atoms with E-state index in [0.717, 1.165) is 106 Å². The van der Waals surface area contributed by atoms with Gasteiger partial charge in [-0.1, -0.05) is 128 Å². The Hall–Kier alpha value is -9.03. The van der Waals surface area contributed by atoms with Gasteiger partial charge in [-0.05, 0) is 171 Å². The minimum atomic E-state index is -0.125. The van der Waals surface area contributed by atoms with E-state index in [1.54, 1.807) is 0 Å². The Kier molecular flexibility index (Phi) is 32.5. The molecule has 0 saturated carbocycles. The van der Waals surface area contributed by atoms with Crippen LogP contribution in [0.4, 0.5) is 0 Å². The summed E-state index contributed by atoms with van der Waals surface area (Å²) in [5.74, 6) is 2.50. The summed E-state index contributed by atoms with van der Waals surface area (Å²) in [6, 6.07) is 51.0. The van der Waals surface area contributed by atoms with Crippen LogP contribution in [-0.2, 0) is 80.1 Å². The summed E-state index contributed by atoms with van der Waals surface area (Å²) in [5, 5.41) is 28.3. The Labute approximate surface area is 654 Å². The normalized spacial score (nSPS) is 11.2. The van der Waals surface area contributed by atoms with Crippen molar-refractivity contribution in [1.82, 2.24) is 15.0 Å². The molecule has 12 rings (SSSR count). The summed E-state index contributed by atoms with van der Waals surface area (Å²) in [7, 11) is 0. The van der Waals surface area contributed by atoms with Crippen molar-refractivity contribution >= 4 is 50.3 Å². The third kappa shape index (κ3) is 25.4. The second kappa shape index (κ2) is 38.6. The van der Waals surface area contributed by atoms with Crippen LogP contribution >= 0.6 is 0 Å². The molecule has 12 nitrogen and oxygen atoms in total. The summed E-state index contributed by atoms with van der Waals surface area (Å²) >= 11 is 0. The van der Waals surface area contributed by atoms with Crippen LogP contribution in [0.5, 0.6) is 0 Å².